The van der Waals surface area contributed by atoms with Crippen LogP contribution in [0.4, 0.5) is 4.79 Å². The van der Waals surface area contributed by atoms with Crippen LogP contribution in [0.5, 0.6) is 0 Å². The Morgan fingerprint density at radius 3 is 2.75 bits per heavy atom. The van der Waals surface area contributed by atoms with Crippen LogP contribution >= 0.6 is 11.3 Å². The van der Waals surface area contributed by atoms with Gasteiger partial charge in [0.1, 0.15) is 0 Å². The highest BCUT2D eigenvalue weighted by Gasteiger charge is 2.18. The summed E-state index contributed by atoms with van der Waals surface area (Å²) in [6.07, 6.45) is 0. The minimum atomic E-state index is -0.0530. The van der Waals surface area contributed by atoms with Gasteiger partial charge in [0.15, 0.2) is 0 Å². The summed E-state index contributed by atoms with van der Waals surface area (Å²) in [6, 6.07) is 4.09. The molecule has 0 unspecified atom stereocenters. The Morgan fingerprint density at radius 2 is 2.17 bits per heavy atom. The van der Waals surface area contributed by atoms with E-state index in [1.807, 2.05) is 6.07 Å². The van der Waals surface area contributed by atoms with Crippen molar-refractivity contribution >= 4 is 17.4 Å². The smallest absolute Gasteiger partial charge is 0.314 e. The van der Waals surface area contributed by atoms with Crippen molar-refractivity contribution in [3.8, 4) is 0 Å². The molecule has 1 fully saturated rings. The molecule has 0 atom stereocenters. The van der Waals surface area contributed by atoms with Gasteiger partial charge in [-0.1, -0.05) is 6.07 Å². The summed E-state index contributed by atoms with van der Waals surface area (Å²) in [6.45, 7) is 1.51. The first-order valence-corrected chi connectivity index (χ1v) is 4.79. The van der Waals surface area contributed by atoms with Crippen molar-refractivity contribution in [1.29, 1.82) is 0 Å². The molecule has 1 aliphatic heterocycles. The number of thiophene rings is 1. The number of nitrogens with one attached hydrogen (secondary N) is 2. The lowest BCUT2D eigenvalue weighted by Crippen LogP contribution is -2.46. The second-order valence-corrected chi connectivity index (χ2v) is 3.78. The van der Waals surface area contributed by atoms with E-state index < -0.39 is 0 Å². The summed E-state index contributed by atoms with van der Waals surface area (Å²) in [5, 5.41) is 7.62. The Bertz CT molecular complexity index is 261. The largest absolute Gasteiger partial charge is 0.337 e. The lowest BCUT2D eigenvalue weighted by Gasteiger charge is -2.22. The summed E-state index contributed by atoms with van der Waals surface area (Å²) < 4.78 is 0. The predicted octanol–water partition coefficient (Wildman–Crippen LogP) is 1.14. The van der Waals surface area contributed by atoms with Gasteiger partial charge in [-0.3, -0.25) is 0 Å². The van der Waals surface area contributed by atoms with E-state index in [0.717, 1.165) is 13.1 Å². The molecule has 2 heterocycles. The predicted molar refractivity (Wildman–Crippen MR) is 48.5 cm³/mol. The van der Waals surface area contributed by atoms with Gasteiger partial charge in [-0.25, -0.2) is 4.79 Å². The molecule has 1 aromatic heterocycles. The summed E-state index contributed by atoms with van der Waals surface area (Å²) in [7, 11) is 0. The van der Waals surface area contributed by atoms with Gasteiger partial charge in [-0.2, -0.15) is 0 Å². The average molecular weight is 182 g/mol. The molecule has 2 N–H and O–H groups in total. The van der Waals surface area contributed by atoms with Gasteiger partial charge in [0.25, 0.3) is 0 Å². The fraction of sp³-hybridized carbons (Fsp3) is 0.375. The molecule has 0 aliphatic carbocycles. The van der Waals surface area contributed by atoms with Crippen molar-refractivity contribution in [1.82, 2.24) is 10.6 Å². The van der Waals surface area contributed by atoms with Crippen molar-refractivity contribution in [2.45, 2.75) is 5.92 Å². The Balaban J connectivity index is 2.03. The highest BCUT2D eigenvalue weighted by molar-refractivity contribution is 7.10. The molecule has 2 amide bonds. The summed E-state index contributed by atoms with van der Waals surface area (Å²) in [5.74, 6) is 0.447. The average Bonchev–Trinajstić information content (AvgIpc) is 2.58. The van der Waals surface area contributed by atoms with Gasteiger partial charge in [0, 0.05) is 23.9 Å². The number of carbonyl (C=O) groups is 1. The van der Waals surface area contributed by atoms with Crippen LogP contribution in [0.25, 0.3) is 0 Å². The van der Waals surface area contributed by atoms with E-state index in [0.29, 0.717) is 5.92 Å². The van der Waals surface area contributed by atoms with Crippen LogP contribution in [0, 0.1) is 0 Å². The van der Waals surface area contributed by atoms with E-state index in [9.17, 15) is 4.79 Å². The van der Waals surface area contributed by atoms with E-state index in [1.165, 1.54) is 4.88 Å². The maximum absolute atomic E-state index is 10.8. The van der Waals surface area contributed by atoms with Crippen molar-refractivity contribution in [2.75, 3.05) is 13.1 Å². The van der Waals surface area contributed by atoms with Crippen molar-refractivity contribution in [2.24, 2.45) is 0 Å². The zero-order valence-electron chi connectivity index (χ0n) is 6.54. The molecule has 1 saturated heterocycles. The zero-order valence-corrected chi connectivity index (χ0v) is 7.36. The lowest BCUT2D eigenvalue weighted by molar-refractivity contribution is 0.234. The van der Waals surface area contributed by atoms with E-state index in [-0.39, 0.29) is 6.03 Å². The molecule has 0 spiro atoms. The molecule has 12 heavy (non-hydrogen) atoms. The van der Waals surface area contributed by atoms with Gasteiger partial charge in [0.05, 0.1) is 0 Å². The summed E-state index contributed by atoms with van der Waals surface area (Å²) >= 11 is 1.74. The standard InChI is InChI=1S/C8H10N2OS/c11-8-9-4-6(5-10-8)7-2-1-3-12-7/h1-3,6H,4-5H2,(H2,9,10,11). The molecule has 4 heteroatoms. The number of carbonyl (C=O) groups excluding carboxylic acids is 1. The number of hydrogen-bond acceptors (Lipinski definition) is 2. The molecule has 64 valence electrons. The first-order chi connectivity index (χ1) is 5.86. The summed E-state index contributed by atoms with van der Waals surface area (Å²) in [5.41, 5.74) is 0. The van der Waals surface area contributed by atoms with Crippen LogP contribution in [0.2, 0.25) is 0 Å². The van der Waals surface area contributed by atoms with Crippen molar-refractivity contribution in [3.63, 3.8) is 0 Å². The molecule has 0 aromatic carbocycles. The number of urea groups is 1. The molecule has 1 aliphatic rings. The Kier molecular flexibility index (Phi) is 1.99. The molecule has 0 radical (unpaired) electrons. The van der Waals surface area contributed by atoms with E-state index in [4.69, 9.17) is 0 Å². The minimum Gasteiger partial charge on any atom is -0.337 e. The van der Waals surface area contributed by atoms with E-state index in [2.05, 4.69) is 22.1 Å². The fourth-order valence-electron chi connectivity index (χ4n) is 1.29. The van der Waals surface area contributed by atoms with Crippen molar-refractivity contribution in [3.05, 3.63) is 22.4 Å². The maximum Gasteiger partial charge on any atom is 0.314 e. The molecular formula is C8H10N2OS. The van der Waals surface area contributed by atoms with Gasteiger partial charge >= 0.3 is 6.03 Å². The topological polar surface area (TPSA) is 41.1 Å². The SMILES string of the molecule is O=C1NCC(c2cccs2)CN1. The third kappa shape index (κ3) is 1.43. The Labute approximate surface area is 74.8 Å². The Hall–Kier alpha value is -1.03. The quantitative estimate of drug-likeness (QED) is 0.672. The van der Waals surface area contributed by atoms with Gasteiger partial charge < -0.3 is 10.6 Å². The van der Waals surface area contributed by atoms with Crippen LogP contribution in [0.15, 0.2) is 17.5 Å². The lowest BCUT2D eigenvalue weighted by atomic mass is 10.1. The third-order valence-electron chi connectivity index (χ3n) is 1.96. The maximum atomic E-state index is 10.8. The van der Waals surface area contributed by atoms with Crippen molar-refractivity contribution < 1.29 is 4.79 Å². The van der Waals surface area contributed by atoms with Crippen LogP contribution in [-0.4, -0.2) is 19.1 Å². The van der Waals surface area contributed by atoms with Crippen LogP contribution in [-0.2, 0) is 0 Å². The van der Waals surface area contributed by atoms with Crippen LogP contribution < -0.4 is 10.6 Å². The van der Waals surface area contributed by atoms with Crippen LogP contribution in [0.3, 0.4) is 0 Å². The number of amides is 2. The number of hydrogen-bond donors (Lipinski definition) is 2. The minimum absolute atomic E-state index is 0.0530. The van der Waals surface area contributed by atoms with E-state index in [1.54, 1.807) is 11.3 Å². The first-order valence-electron chi connectivity index (χ1n) is 3.91. The fourth-order valence-corrected chi connectivity index (χ4v) is 2.12. The highest BCUT2D eigenvalue weighted by Crippen LogP contribution is 2.20. The van der Waals surface area contributed by atoms with E-state index >= 15 is 0 Å². The molecule has 0 bridgehead atoms. The van der Waals surface area contributed by atoms with Crippen LogP contribution in [0.1, 0.15) is 10.8 Å². The Morgan fingerprint density at radius 1 is 1.42 bits per heavy atom. The molecule has 3 nitrogen and oxygen atoms in total. The number of rotatable bonds is 1. The molecule has 2 rings (SSSR count). The molecule has 0 saturated carbocycles. The van der Waals surface area contributed by atoms with Gasteiger partial charge in [0.2, 0.25) is 0 Å². The zero-order chi connectivity index (χ0) is 8.39. The normalized spacial score (nSPS) is 18.5. The highest BCUT2D eigenvalue weighted by atomic mass is 32.1. The first kappa shape index (κ1) is 7.61. The second kappa shape index (κ2) is 3.15. The third-order valence-corrected chi connectivity index (χ3v) is 3.00. The molecular weight excluding hydrogens is 172 g/mol. The van der Waals surface area contributed by atoms with Gasteiger partial charge in [-0.05, 0) is 11.4 Å². The van der Waals surface area contributed by atoms with Gasteiger partial charge in [-0.15, -0.1) is 11.3 Å². The second-order valence-electron chi connectivity index (χ2n) is 2.80. The molecule has 1 aromatic rings. The monoisotopic (exact) mass is 182 g/mol. The summed E-state index contributed by atoms with van der Waals surface area (Å²) in [4.78, 5) is 12.1.